The molecule has 0 saturated heterocycles. The molecular formula is C28H46N2O6. The minimum atomic E-state index is -0.143. The second-order valence-corrected chi connectivity index (χ2v) is 8.46. The smallest absolute Gasteiger partial charge is 0.320 e. The molecule has 0 aliphatic rings. The lowest BCUT2D eigenvalue weighted by Crippen LogP contribution is -2.23. The van der Waals surface area contributed by atoms with Crippen LogP contribution in [0.1, 0.15) is 78.6 Å². The second kappa shape index (κ2) is 20.3. The highest BCUT2D eigenvalue weighted by Gasteiger charge is 2.18. The molecule has 3 atom stereocenters. The molecule has 1 heterocycles. The third-order valence-corrected chi connectivity index (χ3v) is 5.43. The molecule has 36 heavy (non-hydrogen) atoms. The topological polar surface area (TPSA) is 81.2 Å². The highest BCUT2D eigenvalue weighted by molar-refractivity contribution is 5.32. The molecule has 1 rings (SSSR count). The third kappa shape index (κ3) is 13.3. The quantitative estimate of drug-likeness (QED) is 0.142. The summed E-state index contributed by atoms with van der Waals surface area (Å²) < 4.78 is 34.7. The van der Waals surface area contributed by atoms with Crippen molar-refractivity contribution in [2.45, 2.75) is 96.9 Å². The van der Waals surface area contributed by atoms with Gasteiger partial charge in [-0.1, -0.05) is 59.8 Å². The highest BCUT2D eigenvalue weighted by atomic mass is 16.6. The summed E-state index contributed by atoms with van der Waals surface area (Å²) in [6, 6.07) is 0.186. The van der Waals surface area contributed by atoms with E-state index in [9.17, 15) is 0 Å². The number of hydrogen-bond acceptors (Lipinski definition) is 8. The monoisotopic (exact) mass is 506 g/mol. The number of unbranched alkanes of at least 4 members (excludes halogenated alkanes) is 3. The summed E-state index contributed by atoms with van der Waals surface area (Å²) in [6.07, 6.45) is 14.3. The normalized spacial score (nSPS) is 13.1. The van der Waals surface area contributed by atoms with Crippen LogP contribution >= 0.6 is 0 Å². The third-order valence-electron chi connectivity index (χ3n) is 5.43. The first-order valence-electron chi connectivity index (χ1n) is 13.2. The van der Waals surface area contributed by atoms with Crippen molar-refractivity contribution >= 4 is 0 Å². The lowest BCUT2D eigenvalue weighted by Gasteiger charge is -2.20. The standard InChI is InChI=1S/C28H46N2O6/c1-7-13-16-23(31-10-4)20-34-26-19-29-28(36-22-25(33-12-6)18-15-9-3)30-27(26)35-21-24(32-11-5)17-14-8-2/h10-12,19,23-25H,4-9,13-18,20-22H2,1-3H3. The molecule has 8 heteroatoms. The average Bonchev–Trinajstić information content (AvgIpc) is 2.89. The molecule has 3 unspecified atom stereocenters. The Kier molecular flexibility index (Phi) is 17.6. The van der Waals surface area contributed by atoms with Crippen molar-refractivity contribution in [3.63, 3.8) is 0 Å². The van der Waals surface area contributed by atoms with Gasteiger partial charge in [0.15, 0.2) is 5.75 Å². The molecular weight excluding hydrogens is 460 g/mol. The molecule has 1 aromatic heterocycles. The molecule has 0 saturated carbocycles. The summed E-state index contributed by atoms with van der Waals surface area (Å²) in [6.45, 7) is 18.3. The zero-order valence-electron chi connectivity index (χ0n) is 22.5. The van der Waals surface area contributed by atoms with Crippen LogP contribution in [0.2, 0.25) is 0 Å². The van der Waals surface area contributed by atoms with E-state index in [4.69, 9.17) is 28.4 Å². The molecule has 0 aliphatic carbocycles. The predicted molar refractivity (Wildman–Crippen MR) is 142 cm³/mol. The van der Waals surface area contributed by atoms with Crippen LogP contribution in [0.15, 0.2) is 44.7 Å². The van der Waals surface area contributed by atoms with Crippen LogP contribution < -0.4 is 14.2 Å². The lowest BCUT2D eigenvalue weighted by atomic mass is 10.2. The fourth-order valence-electron chi connectivity index (χ4n) is 3.41. The molecule has 0 aliphatic heterocycles. The van der Waals surface area contributed by atoms with E-state index in [2.05, 4.69) is 50.5 Å². The molecule has 0 amide bonds. The van der Waals surface area contributed by atoms with Gasteiger partial charge in [0, 0.05) is 0 Å². The van der Waals surface area contributed by atoms with Gasteiger partial charge in [0.25, 0.3) is 5.88 Å². The maximum atomic E-state index is 6.04. The molecule has 0 radical (unpaired) electrons. The minimum Gasteiger partial charge on any atom is -0.495 e. The zero-order valence-corrected chi connectivity index (χ0v) is 22.5. The van der Waals surface area contributed by atoms with Gasteiger partial charge in [0.05, 0.1) is 25.0 Å². The molecule has 0 spiro atoms. The van der Waals surface area contributed by atoms with Gasteiger partial charge >= 0.3 is 6.01 Å². The van der Waals surface area contributed by atoms with Crippen LogP contribution in [0.4, 0.5) is 0 Å². The molecule has 0 bridgehead atoms. The van der Waals surface area contributed by atoms with E-state index in [1.807, 2.05) is 0 Å². The van der Waals surface area contributed by atoms with Crippen molar-refractivity contribution in [1.82, 2.24) is 9.97 Å². The summed E-state index contributed by atoms with van der Waals surface area (Å²) in [5.41, 5.74) is 0. The van der Waals surface area contributed by atoms with Gasteiger partial charge in [-0.05, 0) is 38.5 Å². The summed E-state index contributed by atoms with van der Waals surface area (Å²) in [4.78, 5) is 8.80. The molecule has 204 valence electrons. The average molecular weight is 507 g/mol. The molecule has 0 N–H and O–H groups in total. The Balaban J connectivity index is 2.98. The highest BCUT2D eigenvalue weighted by Crippen LogP contribution is 2.27. The summed E-state index contributed by atoms with van der Waals surface area (Å²) in [7, 11) is 0. The fourth-order valence-corrected chi connectivity index (χ4v) is 3.41. The second-order valence-electron chi connectivity index (χ2n) is 8.46. The van der Waals surface area contributed by atoms with Gasteiger partial charge < -0.3 is 28.4 Å². The summed E-state index contributed by atoms with van der Waals surface area (Å²) in [5.74, 6) is 0.700. The predicted octanol–water partition coefficient (Wildman–Crippen LogP) is 6.77. The van der Waals surface area contributed by atoms with E-state index in [-0.39, 0.29) is 30.2 Å². The SMILES string of the molecule is C=COC(CCCC)COc1ncc(OCC(CCCC)OC=C)c(OCC(CCCC)OC=C)n1. The van der Waals surface area contributed by atoms with Crippen molar-refractivity contribution in [1.29, 1.82) is 0 Å². The Morgan fingerprint density at radius 2 is 1.14 bits per heavy atom. The Labute approximate surface area is 217 Å². The first-order chi connectivity index (χ1) is 17.6. The fraction of sp³-hybridized carbons (Fsp3) is 0.643. The molecule has 8 nitrogen and oxygen atoms in total. The molecule has 0 fully saturated rings. The Morgan fingerprint density at radius 1 is 0.694 bits per heavy atom. The van der Waals surface area contributed by atoms with Gasteiger partial charge in [-0.25, -0.2) is 0 Å². The lowest BCUT2D eigenvalue weighted by molar-refractivity contribution is 0.0638. The van der Waals surface area contributed by atoms with Gasteiger partial charge in [-0.15, -0.1) is 0 Å². The number of aromatic nitrogens is 2. The van der Waals surface area contributed by atoms with Crippen molar-refractivity contribution in [2.24, 2.45) is 0 Å². The number of rotatable bonds is 24. The van der Waals surface area contributed by atoms with Crippen LogP contribution in [-0.2, 0) is 14.2 Å². The zero-order chi connectivity index (χ0) is 26.4. The van der Waals surface area contributed by atoms with E-state index in [1.165, 1.54) is 18.8 Å². The molecule has 1 aromatic rings. The van der Waals surface area contributed by atoms with Crippen molar-refractivity contribution in [2.75, 3.05) is 19.8 Å². The van der Waals surface area contributed by atoms with Crippen LogP contribution in [0, 0.1) is 0 Å². The van der Waals surface area contributed by atoms with E-state index in [0.29, 0.717) is 25.6 Å². The Bertz CT molecular complexity index is 730. The largest absolute Gasteiger partial charge is 0.495 e. The Hall–Kier alpha value is -2.90. The van der Waals surface area contributed by atoms with E-state index in [1.54, 1.807) is 6.20 Å². The molecule has 0 aromatic carbocycles. The minimum absolute atomic E-state index is 0.122. The number of hydrogen-bond donors (Lipinski definition) is 0. The number of ether oxygens (including phenoxy) is 6. The Morgan fingerprint density at radius 3 is 1.58 bits per heavy atom. The first-order valence-corrected chi connectivity index (χ1v) is 13.2. The van der Waals surface area contributed by atoms with E-state index in [0.717, 1.165) is 57.8 Å². The van der Waals surface area contributed by atoms with E-state index < -0.39 is 0 Å². The number of nitrogens with zero attached hydrogens (tertiary/aromatic N) is 2. The van der Waals surface area contributed by atoms with Crippen LogP contribution in [-0.4, -0.2) is 48.1 Å². The van der Waals surface area contributed by atoms with E-state index >= 15 is 0 Å². The van der Waals surface area contributed by atoms with Gasteiger partial charge in [-0.2, -0.15) is 9.97 Å². The maximum absolute atomic E-state index is 6.04. The van der Waals surface area contributed by atoms with Crippen molar-refractivity contribution < 1.29 is 28.4 Å². The van der Waals surface area contributed by atoms with Gasteiger partial charge in [-0.3, -0.25) is 0 Å². The summed E-state index contributed by atoms with van der Waals surface area (Å²) >= 11 is 0. The van der Waals surface area contributed by atoms with Crippen LogP contribution in [0.5, 0.6) is 17.6 Å². The maximum Gasteiger partial charge on any atom is 0.320 e. The van der Waals surface area contributed by atoms with Crippen LogP contribution in [0.25, 0.3) is 0 Å². The first kappa shape index (κ1) is 31.1. The van der Waals surface area contributed by atoms with Gasteiger partial charge in [0.1, 0.15) is 38.1 Å². The van der Waals surface area contributed by atoms with Crippen LogP contribution in [0.3, 0.4) is 0 Å². The van der Waals surface area contributed by atoms with Crippen molar-refractivity contribution in [3.8, 4) is 17.6 Å². The van der Waals surface area contributed by atoms with Crippen molar-refractivity contribution in [3.05, 3.63) is 44.7 Å². The summed E-state index contributed by atoms with van der Waals surface area (Å²) in [5, 5.41) is 0. The van der Waals surface area contributed by atoms with Gasteiger partial charge in [0.2, 0.25) is 0 Å².